The third-order valence-electron chi connectivity index (χ3n) is 2.85. The fourth-order valence-corrected chi connectivity index (χ4v) is 2.35. The van der Waals surface area contributed by atoms with Crippen LogP contribution in [0.1, 0.15) is 11.1 Å². The Kier molecular flexibility index (Phi) is 4.24. The smallest absolute Gasteiger partial charge is 0.175 e. The molecule has 2 aromatic carbocycles. The van der Waals surface area contributed by atoms with Crippen LogP contribution in [0.25, 0.3) is 0 Å². The fourth-order valence-electron chi connectivity index (χ4n) is 1.72. The van der Waals surface area contributed by atoms with Crippen molar-refractivity contribution in [3.63, 3.8) is 0 Å². The van der Waals surface area contributed by atoms with E-state index >= 15 is 0 Å². The lowest BCUT2D eigenvalue weighted by Crippen LogP contribution is -2.01. The van der Waals surface area contributed by atoms with Gasteiger partial charge >= 0.3 is 0 Å². The molecule has 0 unspecified atom stereocenters. The number of ether oxygens (including phenoxy) is 1. The van der Waals surface area contributed by atoms with Crippen LogP contribution in [0, 0.1) is 17.1 Å². The zero-order valence-corrected chi connectivity index (χ0v) is 12.0. The normalized spacial score (nSPS) is 10.9. The average molecular weight is 305 g/mol. The molecule has 4 nitrogen and oxygen atoms in total. The predicted molar refractivity (Wildman–Crippen MR) is 75.0 cm³/mol. The molecular formula is C15H12FNO3S. The number of halogens is 1. The lowest BCUT2D eigenvalue weighted by molar-refractivity contribution is 0.299. The summed E-state index contributed by atoms with van der Waals surface area (Å²) in [5, 5.41) is 8.75. The van der Waals surface area contributed by atoms with E-state index in [0.29, 0.717) is 5.75 Å². The van der Waals surface area contributed by atoms with E-state index in [4.69, 9.17) is 10.00 Å². The summed E-state index contributed by atoms with van der Waals surface area (Å²) in [6.07, 6.45) is 1.12. The average Bonchev–Trinajstić information content (AvgIpc) is 2.46. The first kappa shape index (κ1) is 15.0. The highest BCUT2D eigenvalue weighted by atomic mass is 32.2. The second-order valence-electron chi connectivity index (χ2n) is 4.42. The van der Waals surface area contributed by atoms with E-state index in [1.54, 1.807) is 12.1 Å². The van der Waals surface area contributed by atoms with Crippen molar-refractivity contribution in [1.82, 2.24) is 0 Å². The molecule has 0 atom stereocenters. The van der Waals surface area contributed by atoms with Gasteiger partial charge in [0.2, 0.25) is 0 Å². The minimum absolute atomic E-state index is 0.0384. The van der Waals surface area contributed by atoms with Gasteiger partial charge in [0, 0.05) is 11.8 Å². The molecule has 2 rings (SSSR count). The van der Waals surface area contributed by atoms with Crippen molar-refractivity contribution in [3.05, 3.63) is 59.4 Å². The van der Waals surface area contributed by atoms with Gasteiger partial charge in [0.15, 0.2) is 9.84 Å². The maximum Gasteiger partial charge on any atom is 0.175 e. The summed E-state index contributed by atoms with van der Waals surface area (Å²) < 4.78 is 41.8. The van der Waals surface area contributed by atoms with Crippen molar-refractivity contribution >= 4 is 9.84 Å². The van der Waals surface area contributed by atoms with Crippen molar-refractivity contribution in [1.29, 1.82) is 5.26 Å². The van der Waals surface area contributed by atoms with E-state index in [2.05, 4.69) is 0 Å². The molecule has 0 aliphatic carbocycles. The molecule has 0 amide bonds. The lowest BCUT2D eigenvalue weighted by atomic mass is 10.1. The molecule has 0 aliphatic rings. The van der Waals surface area contributed by atoms with Crippen LogP contribution in [0.5, 0.6) is 5.75 Å². The van der Waals surface area contributed by atoms with Crippen molar-refractivity contribution < 1.29 is 17.5 Å². The molecule has 0 heterocycles. The van der Waals surface area contributed by atoms with Crippen LogP contribution in [0.3, 0.4) is 0 Å². The van der Waals surface area contributed by atoms with Crippen LogP contribution < -0.4 is 4.74 Å². The molecule has 21 heavy (non-hydrogen) atoms. The SMILES string of the molecule is CS(=O)(=O)c1ccc(OCc2cccc(C#N)c2F)cc1. The minimum atomic E-state index is -3.25. The molecule has 0 radical (unpaired) electrons. The molecular weight excluding hydrogens is 293 g/mol. The summed E-state index contributed by atoms with van der Waals surface area (Å²) in [4.78, 5) is 0.188. The largest absolute Gasteiger partial charge is 0.489 e. The van der Waals surface area contributed by atoms with Crippen molar-refractivity contribution in [2.45, 2.75) is 11.5 Å². The third kappa shape index (κ3) is 3.58. The summed E-state index contributed by atoms with van der Waals surface area (Å²) in [5.74, 6) is -0.183. The first-order valence-electron chi connectivity index (χ1n) is 6.02. The zero-order chi connectivity index (χ0) is 15.5. The molecule has 0 aliphatic heterocycles. The second kappa shape index (κ2) is 5.94. The molecule has 0 aromatic heterocycles. The van der Waals surface area contributed by atoms with Crippen LogP contribution in [-0.4, -0.2) is 14.7 Å². The number of benzene rings is 2. The number of nitrogens with zero attached hydrogens (tertiary/aromatic N) is 1. The number of hydrogen-bond acceptors (Lipinski definition) is 4. The quantitative estimate of drug-likeness (QED) is 0.871. The first-order chi connectivity index (χ1) is 9.91. The molecule has 2 aromatic rings. The second-order valence-corrected chi connectivity index (χ2v) is 6.44. The molecule has 0 bridgehead atoms. The van der Waals surface area contributed by atoms with Crippen molar-refractivity contribution in [2.75, 3.05) is 6.26 Å². The van der Waals surface area contributed by atoms with E-state index < -0.39 is 15.7 Å². The molecule has 0 saturated heterocycles. The highest BCUT2D eigenvalue weighted by molar-refractivity contribution is 7.90. The van der Waals surface area contributed by atoms with Crippen molar-refractivity contribution in [2.24, 2.45) is 0 Å². The zero-order valence-electron chi connectivity index (χ0n) is 11.2. The first-order valence-corrected chi connectivity index (χ1v) is 7.91. The van der Waals surface area contributed by atoms with Gasteiger partial charge in [-0.2, -0.15) is 5.26 Å². The number of nitriles is 1. The Hall–Kier alpha value is -2.39. The lowest BCUT2D eigenvalue weighted by Gasteiger charge is -2.08. The highest BCUT2D eigenvalue weighted by Crippen LogP contribution is 2.19. The maximum atomic E-state index is 13.8. The Bertz CT molecular complexity index is 793. The van der Waals surface area contributed by atoms with Gasteiger partial charge in [-0.05, 0) is 30.3 Å². The van der Waals surface area contributed by atoms with Crippen LogP contribution >= 0.6 is 0 Å². The van der Waals surface area contributed by atoms with Gasteiger partial charge < -0.3 is 4.74 Å². The Morgan fingerprint density at radius 3 is 2.43 bits per heavy atom. The predicted octanol–water partition coefficient (Wildman–Crippen LogP) is 2.68. The Balaban J connectivity index is 2.13. The monoisotopic (exact) mass is 305 g/mol. The molecule has 0 spiro atoms. The van der Waals surface area contributed by atoms with Crippen molar-refractivity contribution in [3.8, 4) is 11.8 Å². The highest BCUT2D eigenvalue weighted by Gasteiger charge is 2.09. The Labute approximate surface area is 122 Å². The minimum Gasteiger partial charge on any atom is -0.489 e. The summed E-state index contributed by atoms with van der Waals surface area (Å²) in [7, 11) is -3.25. The van der Waals surface area contributed by atoms with Gasteiger partial charge in [-0.15, -0.1) is 0 Å². The topological polar surface area (TPSA) is 67.2 Å². The van der Waals surface area contributed by atoms with Crippen LogP contribution in [0.15, 0.2) is 47.4 Å². The van der Waals surface area contributed by atoms with Gasteiger partial charge in [0.05, 0.1) is 10.5 Å². The molecule has 6 heteroatoms. The molecule has 0 fully saturated rings. The number of hydrogen-bond donors (Lipinski definition) is 0. The van der Waals surface area contributed by atoms with Crippen LogP contribution in [0.4, 0.5) is 4.39 Å². The van der Waals surface area contributed by atoms with E-state index in [1.165, 1.54) is 36.4 Å². The fraction of sp³-hybridized carbons (Fsp3) is 0.133. The van der Waals surface area contributed by atoms with Gasteiger partial charge in [-0.1, -0.05) is 12.1 Å². The van der Waals surface area contributed by atoms with E-state index in [1.807, 2.05) is 0 Å². The summed E-state index contributed by atoms with van der Waals surface area (Å²) >= 11 is 0. The number of sulfone groups is 1. The Morgan fingerprint density at radius 2 is 1.86 bits per heavy atom. The molecule has 0 N–H and O–H groups in total. The van der Waals surface area contributed by atoms with Crippen LogP contribution in [-0.2, 0) is 16.4 Å². The van der Waals surface area contributed by atoms with E-state index in [-0.39, 0.29) is 22.6 Å². The number of rotatable bonds is 4. The van der Waals surface area contributed by atoms with Crippen LogP contribution in [0.2, 0.25) is 0 Å². The summed E-state index contributed by atoms with van der Waals surface area (Å²) in [6.45, 7) is -0.0421. The molecule has 0 saturated carbocycles. The van der Waals surface area contributed by atoms with Gasteiger partial charge in [-0.3, -0.25) is 0 Å². The van der Waals surface area contributed by atoms with Gasteiger partial charge in [0.25, 0.3) is 0 Å². The summed E-state index contributed by atoms with van der Waals surface area (Å²) in [5.41, 5.74) is 0.227. The van der Waals surface area contributed by atoms with E-state index in [0.717, 1.165) is 6.26 Å². The van der Waals surface area contributed by atoms with E-state index in [9.17, 15) is 12.8 Å². The Morgan fingerprint density at radius 1 is 1.19 bits per heavy atom. The standard InChI is InChI=1S/C15H12FNO3S/c1-21(18,19)14-7-5-13(6-8-14)20-10-12-4-2-3-11(9-17)15(12)16/h2-8H,10H2,1H3. The summed E-state index contributed by atoms with van der Waals surface area (Å²) in [6, 6.07) is 12.1. The third-order valence-corrected chi connectivity index (χ3v) is 3.97. The maximum absolute atomic E-state index is 13.8. The van der Waals surface area contributed by atoms with Gasteiger partial charge in [-0.25, -0.2) is 12.8 Å². The molecule has 108 valence electrons. The van der Waals surface area contributed by atoms with Gasteiger partial charge in [0.1, 0.15) is 24.2 Å².